The molecule has 0 aromatic carbocycles. The van der Waals surface area contributed by atoms with Crippen molar-refractivity contribution in [3.63, 3.8) is 0 Å². The maximum Gasteiger partial charge on any atom is 0.363 e. The van der Waals surface area contributed by atoms with E-state index in [4.69, 9.17) is 5.73 Å². The number of amides is 1. The fourth-order valence-corrected chi connectivity index (χ4v) is 2.15. The van der Waals surface area contributed by atoms with Gasteiger partial charge in [-0.2, -0.15) is 0 Å². The van der Waals surface area contributed by atoms with Crippen LogP contribution < -0.4 is 10.6 Å². The SMILES string of the molecule is CC(N)C(=O)N1CCN(c2ccc([N+](=O)[O-])nc2)CC1. The number of anilines is 1. The Morgan fingerprint density at radius 2 is 2.05 bits per heavy atom. The van der Waals surface area contributed by atoms with Crippen LogP contribution >= 0.6 is 0 Å². The van der Waals surface area contributed by atoms with Crippen LogP contribution in [-0.4, -0.2) is 52.9 Å². The topological polar surface area (TPSA) is 106 Å². The Morgan fingerprint density at radius 3 is 2.50 bits per heavy atom. The van der Waals surface area contributed by atoms with E-state index >= 15 is 0 Å². The van der Waals surface area contributed by atoms with Gasteiger partial charge in [-0.05, 0) is 22.9 Å². The average molecular weight is 279 g/mol. The maximum atomic E-state index is 11.8. The van der Waals surface area contributed by atoms with Crippen molar-refractivity contribution in [2.75, 3.05) is 31.1 Å². The number of rotatable bonds is 3. The molecule has 2 heterocycles. The van der Waals surface area contributed by atoms with E-state index < -0.39 is 11.0 Å². The molecule has 1 aromatic heterocycles. The van der Waals surface area contributed by atoms with Gasteiger partial charge in [0, 0.05) is 32.2 Å². The maximum absolute atomic E-state index is 11.8. The number of nitrogens with zero attached hydrogens (tertiary/aromatic N) is 4. The average Bonchev–Trinajstić information content (AvgIpc) is 2.46. The van der Waals surface area contributed by atoms with E-state index in [2.05, 4.69) is 4.98 Å². The summed E-state index contributed by atoms with van der Waals surface area (Å²) < 4.78 is 0. The molecule has 1 atom stereocenters. The monoisotopic (exact) mass is 279 g/mol. The number of nitrogens with two attached hydrogens (primary N) is 1. The van der Waals surface area contributed by atoms with Gasteiger partial charge in [0.25, 0.3) is 0 Å². The molecule has 20 heavy (non-hydrogen) atoms. The molecule has 8 nitrogen and oxygen atoms in total. The van der Waals surface area contributed by atoms with Gasteiger partial charge in [0.1, 0.15) is 0 Å². The van der Waals surface area contributed by atoms with Crippen LogP contribution in [0.1, 0.15) is 6.92 Å². The van der Waals surface area contributed by atoms with Crippen LogP contribution in [0.2, 0.25) is 0 Å². The van der Waals surface area contributed by atoms with E-state index in [1.165, 1.54) is 12.3 Å². The Labute approximate surface area is 116 Å². The summed E-state index contributed by atoms with van der Waals surface area (Å²) in [5.41, 5.74) is 6.40. The van der Waals surface area contributed by atoms with Gasteiger partial charge in [0.2, 0.25) is 5.91 Å². The smallest absolute Gasteiger partial charge is 0.363 e. The van der Waals surface area contributed by atoms with E-state index in [1.54, 1.807) is 17.9 Å². The molecule has 1 saturated heterocycles. The van der Waals surface area contributed by atoms with Crippen LogP contribution in [0.25, 0.3) is 0 Å². The van der Waals surface area contributed by atoms with Gasteiger partial charge in [-0.3, -0.25) is 4.79 Å². The van der Waals surface area contributed by atoms with Crippen molar-refractivity contribution in [1.82, 2.24) is 9.88 Å². The van der Waals surface area contributed by atoms with Gasteiger partial charge in [-0.1, -0.05) is 0 Å². The zero-order valence-electron chi connectivity index (χ0n) is 11.2. The Balaban J connectivity index is 1.97. The Kier molecular flexibility index (Phi) is 4.14. The van der Waals surface area contributed by atoms with Gasteiger partial charge in [-0.15, -0.1) is 0 Å². The van der Waals surface area contributed by atoms with Crippen molar-refractivity contribution in [3.05, 3.63) is 28.4 Å². The second-order valence-electron chi connectivity index (χ2n) is 4.73. The number of carbonyl (C=O) groups is 1. The first-order valence-electron chi connectivity index (χ1n) is 6.39. The highest BCUT2D eigenvalue weighted by Crippen LogP contribution is 2.18. The third-order valence-corrected chi connectivity index (χ3v) is 3.27. The van der Waals surface area contributed by atoms with Gasteiger partial charge >= 0.3 is 5.82 Å². The second-order valence-corrected chi connectivity index (χ2v) is 4.73. The number of nitro groups is 1. The Bertz CT molecular complexity index is 494. The molecule has 2 rings (SSSR count). The van der Waals surface area contributed by atoms with E-state index in [0.717, 1.165) is 5.69 Å². The molecule has 108 valence electrons. The molecule has 1 amide bonds. The minimum Gasteiger partial charge on any atom is -0.365 e. The lowest BCUT2D eigenvalue weighted by molar-refractivity contribution is -0.389. The highest BCUT2D eigenvalue weighted by Gasteiger charge is 2.23. The molecule has 1 fully saturated rings. The van der Waals surface area contributed by atoms with E-state index in [0.29, 0.717) is 26.2 Å². The summed E-state index contributed by atoms with van der Waals surface area (Å²) in [4.78, 5) is 29.3. The Hall–Kier alpha value is -2.22. The summed E-state index contributed by atoms with van der Waals surface area (Å²) in [7, 11) is 0. The van der Waals surface area contributed by atoms with Crippen LogP contribution in [0.5, 0.6) is 0 Å². The fourth-order valence-electron chi connectivity index (χ4n) is 2.15. The third-order valence-electron chi connectivity index (χ3n) is 3.27. The molecule has 0 spiro atoms. The van der Waals surface area contributed by atoms with Crippen LogP contribution in [-0.2, 0) is 4.79 Å². The molecule has 1 aliphatic heterocycles. The number of hydrogen-bond donors (Lipinski definition) is 1. The standard InChI is InChI=1S/C12H17N5O3/c1-9(13)12(18)16-6-4-15(5-7-16)10-2-3-11(14-8-10)17(19)20/h2-3,8-9H,4-7,13H2,1H3. The molecule has 0 saturated carbocycles. The lowest BCUT2D eigenvalue weighted by Crippen LogP contribution is -2.52. The number of aromatic nitrogens is 1. The number of hydrogen-bond acceptors (Lipinski definition) is 6. The predicted octanol–water partition coefficient (Wildman–Crippen LogP) is -0.0144. The van der Waals surface area contributed by atoms with Crippen LogP contribution in [0.4, 0.5) is 11.5 Å². The minimum absolute atomic E-state index is 0.0496. The van der Waals surface area contributed by atoms with Gasteiger partial charge in [-0.25, -0.2) is 0 Å². The van der Waals surface area contributed by atoms with Crippen LogP contribution in [0.3, 0.4) is 0 Å². The zero-order chi connectivity index (χ0) is 14.7. The number of carbonyl (C=O) groups excluding carboxylic acids is 1. The van der Waals surface area contributed by atoms with Crippen LogP contribution in [0.15, 0.2) is 18.3 Å². The highest BCUT2D eigenvalue weighted by molar-refractivity contribution is 5.81. The molecule has 1 aromatic rings. The van der Waals surface area contributed by atoms with E-state index in [-0.39, 0.29) is 11.7 Å². The first kappa shape index (κ1) is 14.2. The minimum atomic E-state index is -0.525. The third kappa shape index (κ3) is 3.02. The molecule has 0 bridgehead atoms. The largest absolute Gasteiger partial charge is 0.365 e. The molecule has 8 heteroatoms. The molecule has 1 unspecified atom stereocenters. The van der Waals surface area contributed by atoms with Crippen molar-refractivity contribution in [3.8, 4) is 0 Å². The van der Waals surface area contributed by atoms with Crippen molar-refractivity contribution < 1.29 is 9.72 Å². The van der Waals surface area contributed by atoms with Gasteiger partial charge in [0.05, 0.1) is 11.7 Å². The summed E-state index contributed by atoms with van der Waals surface area (Å²) in [5, 5.41) is 10.5. The lowest BCUT2D eigenvalue weighted by atomic mass is 10.2. The van der Waals surface area contributed by atoms with Crippen molar-refractivity contribution in [1.29, 1.82) is 0 Å². The predicted molar refractivity (Wildman–Crippen MR) is 73.3 cm³/mol. The molecule has 0 aliphatic carbocycles. The molecule has 1 aliphatic rings. The van der Waals surface area contributed by atoms with Crippen molar-refractivity contribution in [2.24, 2.45) is 5.73 Å². The first-order chi connectivity index (χ1) is 9.49. The highest BCUT2D eigenvalue weighted by atomic mass is 16.6. The summed E-state index contributed by atoms with van der Waals surface area (Å²) in [6.07, 6.45) is 1.49. The van der Waals surface area contributed by atoms with E-state index in [1.807, 2.05) is 4.90 Å². The summed E-state index contributed by atoms with van der Waals surface area (Å²) in [6.45, 7) is 4.19. The first-order valence-corrected chi connectivity index (χ1v) is 6.39. The van der Waals surface area contributed by atoms with Crippen molar-refractivity contribution >= 4 is 17.4 Å². The second kappa shape index (κ2) is 5.83. The summed E-state index contributed by atoms with van der Waals surface area (Å²) >= 11 is 0. The summed E-state index contributed by atoms with van der Waals surface area (Å²) in [5.74, 6) is -0.217. The molecule has 2 N–H and O–H groups in total. The summed E-state index contributed by atoms with van der Waals surface area (Å²) in [6, 6.07) is 2.57. The normalized spacial score (nSPS) is 16.9. The molecular formula is C12H17N5O3. The van der Waals surface area contributed by atoms with Crippen LogP contribution in [0, 0.1) is 10.1 Å². The Morgan fingerprint density at radius 1 is 1.40 bits per heavy atom. The zero-order valence-corrected chi connectivity index (χ0v) is 11.2. The molecule has 0 radical (unpaired) electrons. The lowest BCUT2D eigenvalue weighted by Gasteiger charge is -2.36. The number of piperazine rings is 1. The van der Waals surface area contributed by atoms with Gasteiger partial charge in [0.15, 0.2) is 6.20 Å². The molecular weight excluding hydrogens is 262 g/mol. The van der Waals surface area contributed by atoms with E-state index in [9.17, 15) is 14.9 Å². The van der Waals surface area contributed by atoms with Crippen molar-refractivity contribution in [2.45, 2.75) is 13.0 Å². The quantitative estimate of drug-likeness (QED) is 0.616. The fraction of sp³-hybridized carbons (Fsp3) is 0.500. The number of pyridine rings is 1. The van der Waals surface area contributed by atoms with Gasteiger partial charge < -0.3 is 25.6 Å².